The fourth-order valence-electron chi connectivity index (χ4n) is 1.08. The highest BCUT2D eigenvalue weighted by atomic mass is 19.1. The molecule has 0 amide bonds. The maximum Gasteiger partial charge on any atom is 0.342 e. The van der Waals surface area contributed by atoms with Crippen LogP contribution in [0.5, 0.6) is 0 Å². The first-order valence-electron chi connectivity index (χ1n) is 3.61. The predicted molar refractivity (Wildman–Crippen MR) is 44.8 cm³/mol. The number of nitrogens with zero attached hydrogens (tertiary/aromatic N) is 1. The Morgan fingerprint density at radius 2 is 2.14 bits per heavy atom. The molecule has 1 N–H and O–H groups in total. The van der Waals surface area contributed by atoms with E-state index in [1.165, 1.54) is 6.92 Å². The minimum atomic E-state index is -1.51. The minimum Gasteiger partial charge on any atom is -0.477 e. The van der Waals surface area contributed by atoms with Crippen molar-refractivity contribution in [3.63, 3.8) is 0 Å². The first-order chi connectivity index (χ1) is 6.43. The highest BCUT2D eigenvalue weighted by molar-refractivity contribution is 5.92. The van der Waals surface area contributed by atoms with Crippen LogP contribution < -0.4 is 0 Å². The summed E-state index contributed by atoms with van der Waals surface area (Å²) in [4.78, 5) is 19.9. The van der Waals surface area contributed by atoms with Crippen molar-refractivity contribution in [3.8, 4) is 0 Å². The molecule has 1 aromatic rings. The van der Waals surface area contributed by atoms with Gasteiger partial charge in [0.15, 0.2) is 0 Å². The average Bonchev–Trinajstić information content (AvgIpc) is 2.01. The van der Waals surface area contributed by atoms with Crippen LogP contribution in [0, 0.1) is 22.9 Å². The highest BCUT2D eigenvalue weighted by Gasteiger charge is 2.25. The molecule has 74 valence electrons. The molecule has 0 spiro atoms. The lowest BCUT2D eigenvalue weighted by Crippen LogP contribution is -2.05. The fraction of sp³-hybridized carbons (Fsp3) is 0.125. The van der Waals surface area contributed by atoms with Crippen LogP contribution in [0.4, 0.5) is 10.1 Å². The van der Waals surface area contributed by atoms with Crippen molar-refractivity contribution < 1.29 is 19.2 Å². The number of carboxylic acid groups (broad SMARTS) is 1. The van der Waals surface area contributed by atoms with Crippen molar-refractivity contribution in [2.75, 3.05) is 0 Å². The van der Waals surface area contributed by atoms with Gasteiger partial charge in [0.1, 0.15) is 5.56 Å². The third kappa shape index (κ3) is 1.68. The Bertz CT molecular complexity index is 416. The summed E-state index contributed by atoms with van der Waals surface area (Å²) in [6, 6.07) is 1.98. The van der Waals surface area contributed by atoms with Gasteiger partial charge in [0.05, 0.1) is 4.92 Å². The van der Waals surface area contributed by atoms with Crippen molar-refractivity contribution in [2.45, 2.75) is 6.92 Å². The summed E-state index contributed by atoms with van der Waals surface area (Å²) in [5, 5.41) is 19.0. The summed E-state index contributed by atoms with van der Waals surface area (Å²) in [5.74, 6) is -2.65. The minimum absolute atomic E-state index is 0.325. The molecule has 0 aliphatic rings. The Labute approximate surface area is 77.9 Å². The number of aryl methyl sites for hydroxylation is 1. The molecule has 0 bridgehead atoms. The van der Waals surface area contributed by atoms with Crippen molar-refractivity contribution in [1.82, 2.24) is 0 Å². The summed E-state index contributed by atoms with van der Waals surface area (Å²) in [7, 11) is 0. The molecule has 1 aromatic carbocycles. The van der Waals surface area contributed by atoms with E-state index < -0.39 is 28.0 Å². The number of carboxylic acids is 1. The molecule has 5 nitrogen and oxygen atoms in total. The van der Waals surface area contributed by atoms with E-state index in [-0.39, 0.29) is 0 Å². The average molecular weight is 199 g/mol. The zero-order valence-electron chi connectivity index (χ0n) is 7.15. The van der Waals surface area contributed by atoms with Crippen LogP contribution in [-0.4, -0.2) is 16.0 Å². The monoisotopic (exact) mass is 199 g/mol. The van der Waals surface area contributed by atoms with E-state index in [9.17, 15) is 19.3 Å². The number of carbonyl (C=O) groups is 1. The summed E-state index contributed by atoms with van der Waals surface area (Å²) in [6.07, 6.45) is 0. The molecule has 1 rings (SSSR count). The first kappa shape index (κ1) is 10.1. The Morgan fingerprint density at radius 1 is 1.57 bits per heavy atom. The zero-order valence-corrected chi connectivity index (χ0v) is 7.15. The Morgan fingerprint density at radius 3 is 2.57 bits per heavy atom. The van der Waals surface area contributed by atoms with Crippen molar-refractivity contribution >= 4 is 11.7 Å². The van der Waals surface area contributed by atoms with Gasteiger partial charge in [-0.1, -0.05) is 0 Å². The Hall–Kier alpha value is -1.98. The lowest BCUT2D eigenvalue weighted by Gasteiger charge is -2.00. The summed E-state index contributed by atoms with van der Waals surface area (Å²) in [5.41, 5.74) is -1.30. The van der Waals surface area contributed by atoms with Crippen LogP contribution >= 0.6 is 0 Å². The van der Waals surface area contributed by atoms with Crippen LogP contribution in [0.15, 0.2) is 12.1 Å². The standard InChI is InChI=1S/C8H6FNO4/c1-4-2-5(8(11)12)7(10(13)14)6(9)3-4/h2-3H,1H3,(H,11,12). The molecular weight excluding hydrogens is 193 g/mol. The predicted octanol–water partition coefficient (Wildman–Crippen LogP) is 1.74. The smallest absolute Gasteiger partial charge is 0.342 e. The van der Waals surface area contributed by atoms with Crippen LogP contribution in [0.3, 0.4) is 0 Å². The van der Waals surface area contributed by atoms with Gasteiger partial charge in [0.2, 0.25) is 5.82 Å². The molecule has 0 aliphatic heterocycles. The van der Waals surface area contributed by atoms with E-state index in [1.807, 2.05) is 0 Å². The second-order valence-electron chi connectivity index (χ2n) is 2.71. The maximum absolute atomic E-state index is 13.0. The SMILES string of the molecule is Cc1cc(F)c([N+](=O)[O-])c(C(=O)O)c1. The number of nitro benzene ring substituents is 1. The highest BCUT2D eigenvalue weighted by Crippen LogP contribution is 2.24. The van der Waals surface area contributed by atoms with Gasteiger partial charge < -0.3 is 5.11 Å². The molecule has 0 radical (unpaired) electrons. The van der Waals surface area contributed by atoms with Gasteiger partial charge in [-0.25, -0.2) is 4.79 Å². The van der Waals surface area contributed by atoms with E-state index in [1.54, 1.807) is 0 Å². The van der Waals surface area contributed by atoms with Crippen LogP contribution in [-0.2, 0) is 0 Å². The number of halogens is 1. The summed E-state index contributed by atoms with van der Waals surface area (Å²) in [6.45, 7) is 1.46. The number of nitro groups is 1. The molecule has 0 aromatic heterocycles. The van der Waals surface area contributed by atoms with Crippen molar-refractivity contribution in [1.29, 1.82) is 0 Å². The second-order valence-corrected chi connectivity index (χ2v) is 2.71. The Balaban J connectivity index is 3.52. The van der Waals surface area contributed by atoms with E-state index in [0.717, 1.165) is 12.1 Å². The molecule has 0 saturated heterocycles. The van der Waals surface area contributed by atoms with Crippen LogP contribution in [0.1, 0.15) is 15.9 Å². The van der Waals surface area contributed by atoms with Gasteiger partial charge >= 0.3 is 11.7 Å². The number of hydrogen-bond donors (Lipinski definition) is 1. The van der Waals surface area contributed by atoms with E-state index in [2.05, 4.69) is 0 Å². The normalized spacial score (nSPS) is 9.86. The van der Waals surface area contributed by atoms with E-state index in [0.29, 0.717) is 5.56 Å². The lowest BCUT2D eigenvalue weighted by atomic mass is 10.1. The number of benzene rings is 1. The van der Waals surface area contributed by atoms with E-state index >= 15 is 0 Å². The Kier molecular flexibility index (Phi) is 2.46. The second kappa shape index (κ2) is 3.41. The van der Waals surface area contributed by atoms with Gasteiger partial charge in [-0.2, -0.15) is 4.39 Å². The molecule has 6 heteroatoms. The molecule has 0 unspecified atom stereocenters. The molecule has 0 heterocycles. The topological polar surface area (TPSA) is 80.4 Å². The van der Waals surface area contributed by atoms with Gasteiger partial charge in [-0.05, 0) is 24.6 Å². The number of rotatable bonds is 2. The number of hydrogen-bond acceptors (Lipinski definition) is 3. The quantitative estimate of drug-likeness (QED) is 0.581. The molecule has 0 atom stereocenters. The lowest BCUT2D eigenvalue weighted by molar-refractivity contribution is -0.387. The van der Waals surface area contributed by atoms with Crippen molar-refractivity contribution in [2.24, 2.45) is 0 Å². The summed E-state index contributed by atoms with van der Waals surface area (Å²) < 4.78 is 13.0. The largest absolute Gasteiger partial charge is 0.477 e. The first-order valence-corrected chi connectivity index (χ1v) is 3.61. The molecule has 0 fully saturated rings. The number of aromatic carboxylic acids is 1. The van der Waals surface area contributed by atoms with Gasteiger partial charge in [-0.15, -0.1) is 0 Å². The third-order valence-corrected chi connectivity index (χ3v) is 1.62. The molecule has 14 heavy (non-hydrogen) atoms. The fourth-order valence-corrected chi connectivity index (χ4v) is 1.08. The van der Waals surface area contributed by atoms with Gasteiger partial charge in [0, 0.05) is 0 Å². The van der Waals surface area contributed by atoms with Gasteiger partial charge in [0.25, 0.3) is 0 Å². The van der Waals surface area contributed by atoms with E-state index in [4.69, 9.17) is 5.11 Å². The molecular formula is C8H6FNO4. The van der Waals surface area contributed by atoms with Gasteiger partial charge in [-0.3, -0.25) is 10.1 Å². The molecule has 0 saturated carbocycles. The van der Waals surface area contributed by atoms with Crippen LogP contribution in [0.2, 0.25) is 0 Å². The third-order valence-electron chi connectivity index (χ3n) is 1.62. The van der Waals surface area contributed by atoms with Crippen molar-refractivity contribution in [3.05, 3.63) is 39.2 Å². The summed E-state index contributed by atoms with van der Waals surface area (Å²) >= 11 is 0. The molecule has 0 aliphatic carbocycles. The zero-order chi connectivity index (χ0) is 10.9. The maximum atomic E-state index is 13.0. The van der Waals surface area contributed by atoms with Crippen LogP contribution in [0.25, 0.3) is 0 Å².